The normalized spacial score (nSPS) is 19.6. The molecule has 1 aliphatic carbocycles. The van der Waals surface area contributed by atoms with Gasteiger partial charge in [0.1, 0.15) is 0 Å². The van der Waals surface area contributed by atoms with Crippen LogP contribution in [-0.2, 0) is 33.0 Å². The lowest BCUT2D eigenvalue weighted by Crippen LogP contribution is -2.38. The molecule has 2 aromatic heterocycles. The summed E-state index contributed by atoms with van der Waals surface area (Å²) in [6.07, 6.45) is 6.83. The fourth-order valence-corrected chi connectivity index (χ4v) is 3.71. The van der Waals surface area contributed by atoms with Crippen molar-refractivity contribution in [2.75, 3.05) is 0 Å². The maximum absolute atomic E-state index is 13.1. The minimum atomic E-state index is -0.478. The van der Waals surface area contributed by atoms with Crippen molar-refractivity contribution in [1.29, 1.82) is 0 Å². The summed E-state index contributed by atoms with van der Waals surface area (Å²) in [6.45, 7) is 1.98. The van der Waals surface area contributed by atoms with Gasteiger partial charge in [0.2, 0.25) is 0 Å². The molecule has 0 bridgehead atoms. The summed E-state index contributed by atoms with van der Waals surface area (Å²) >= 11 is 0. The van der Waals surface area contributed by atoms with Crippen LogP contribution in [0, 0.1) is 5.92 Å². The molecule has 1 fully saturated rings. The number of nitrogens with zero attached hydrogens (tertiary/aromatic N) is 4. The van der Waals surface area contributed by atoms with Crippen LogP contribution in [-0.4, -0.2) is 24.1 Å². The smallest absolute Gasteiger partial charge is 0.303 e. The van der Waals surface area contributed by atoms with Gasteiger partial charge in [0.15, 0.2) is 5.78 Å². The monoisotopic (exact) mass is 412 g/mol. The van der Waals surface area contributed by atoms with E-state index in [1.165, 1.54) is 61.9 Å². The van der Waals surface area contributed by atoms with Gasteiger partial charge in [-0.2, -0.15) is 0 Å². The van der Waals surface area contributed by atoms with Crippen LogP contribution < -0.4 is 22.5 Å². The van der Waals surface area contributed by atoms with E-state index in [0.29, 0.717) is 24.0 Å². The minimum Gasteiger partial charge on any atom is -0.303 e. The molecule has 0 spiro atoms. The molecule has 0 N–H and O–H groups in total. The van der Waals surface area contributed by atoms with E-state index < -0.39 is 22.5 Å². The number of rotatable bonds is 2. The van der Waals surface area contributed by atoms with Gasteiger partial charge in [-0.25, -0.2) is 9.59 Å². The first-order chi connectivity index (χ1) is 14.0. The molecule has 9 heteroatoms. The Kier molecular flexibility index (Phi) is 5.47. The Morgan fingerprint density at radius 2 is 1.10 bits per heavy atom. The Hall–Kier alpha value is -3.49. The average molecular weight is 412 g/mol. The standard InChI is InChI=1S/C21H24N4O5/c1-12-6-13(8-15-10-22(2)20(29)24(4)18(15)27)17(26)14(7-12)9-16-11-23(3)21(30)25(5)19(16)28/h8-12H,6-7H2,1-5H3/b13-8-,14-9-. The maximum atomic E-state index is 13.1. The van der Waals surface area contributed by atoms with E-state index in [0.717, 1.165) is 9.13 Å². The lowest BCUT2D eigenvalue weighted by atomic mass is 9.81. The second-order valence-electron chi connectivity index (χ2n) is 7.87. The summed E-state index contributed by atoms with van der Waals surface area (Å²) in [6, 6.07) is 0. The lowest BCUT2D eigenvalue weighted by Gasteiger charge is -2.22. The number of hydrogen-bond donors (Lipinski definition) is 0. The molecule has 0 unspecified atom stereocenters. The second-order valence-corrected chi connectivity index (χ2v) is 7.87. The lowest BCUT2D eigenvalue weighted by molar-refractivity contribution is -0.113. The molecular weight excluding hydrogens is 388 g/mol. The Labute approximate surface area is 171 Å². The van der Waals surface area contributed by atoms with Crippen LogP contribution in [0.25, 0.3) is 12.2 Å². The van der Waals surface area contributed by atoms with E-state index in [-0.39, 0.29) is 22.8 Å². The van der Waals surface area contributed by atoms with E-state index in [2.05, 4.69) is 0 Å². The average Bonchev–Trinajstić information content (AvgIpc) is 2.70. The van der Waals surface area contributed by atoms with Crippen LogP contribution in [0.4, 0.5) is 0 Å². The minimum absolute atomic E-state index is 0.118. The molecule has 1 saturated carbocycles. The molecule has 2 aromatic rings. The topological polar surface area (TPSA) is 105 Å². The van der Waals surface area contributed by atoms with Gasteiger partial charge >= 0.3 is 11.4 Å². The van der Waals surface area contributed by atoms with Gasteiger partial charge in [0.05, 0.1) is 11.1 Å². The number of allylic oxidation sites excluding steroid dienone is 2. The van der Waals surface area contributed by atoms with E-state index in [1.54, 1.807) is 0 Å². The molecule has 158 valence electrons. The van der Waals surface area contributed by atoms with Crippen LogP contribution in [0.15, 0.2) is 42.7 Å². The van der Waals surface area contributed by atoms with E-state index >= 15 is 0 Å². The highest BCUT2D eigenvalue weighted by atomic mass is 16.2. The Morgan fingerprint density at radius 3 is 1.47 bits per heavy atom. The maximum Gasteiger partial charge on any atom is 0.330 e. The Balaban J connectivity index is 2.12. The third kappa shape index (κ3) is 3.70. The summed E-state index contributed by atoms with van der Waals surface area (Å²) < 4.78 is 4.56. The Bertz CT molecular complexity index is 1250. The summed E-state index contributed by atoms with van der Waals surface area (Å²) in [5, 5.41) is 0. The van der Waals surface area contributed by atoms with Crippen LogP contribution in [0.5, 0.6) is 0 Å². The van der Waals surface area contributed by atoms with Crippen molar-refractivity contribution in [1.82, 2.24) is 18.3 Å². The third-order valence-electron chi connectivity index (χ3n) is 5.33. The van der Waals surface area contributed by atoms with Crippen molar-refractivity contribution in [3.63, 3.8) is 0 Å². The van der Waals surface area contributed by atoms with Gasteiger partial charge in [-0.3, -0.25) is 23.5 Å². The van der Waals surface area contributed by atoms with Crippen molar-refractivity contribution < 1.29 is 4.79 Å². The molecule has 3 rings (SSSR count). The molecular formula is C21H24N4O5. The number of hydrogen-bond acceptors (Lipinski definition) is 5. The van der Waals surface area contributed by atoms with Gasteiger partial charge in [-0.15, -0.1) is 0 Å². The molecule has 1 aliphatic rings. The number of carbonyl (C=O) groups is 1. The van der Waals surface area contributed by atoms with Crippen molar-refractivity contribution in [3.05, 3.63) is 76.3 Å². The SMILES string of the molecule is CC1C/C(=C/c2cn(C)c(=O)n(C)c2=O)C(=O)/C(=C\c2cn(C)c(=O)n(C)c2=O)C1. The van der Waals surface area contributed by atoms with Crippen LogP contribution in [0.2, 0.25) is 0 Å². The number of ketones is 1. The van der Waals surface area contributed by atoms with Crippen molar-refractivity contribution in [2.45, 2.75) is 19.8 Å². The summed E-state index contributed by atoms with van der Waals surface area (Å²) in [7, 11) is 5.85. The van der Waals surface area contributed by atoms with Crippen molar-refractivity contribution in [2.24, 2.45) is 34.1 Å². The third-order valence-corrected chi connectivity index (χ3v) is 5.33. The fourth-order valence-electron chi connectivity index (χ4n) is 3.71. The predicted molar refractivity (Wildman–Crippen MR) is 113 cm³/mol. The highest BCUT2D eigenvalue weighted by molar-refractivity contribution is 6.14. The zero-order valence-corrected chi connectivity index (χ0v) is 17.6. The summed E-state index contributed by atoms with van der Waals surface area (Å²) in [5.41, 5.74) is -0.477. The molecule has 0 aliphatic heterocycles. The summed E-state index contributed by atoms with van der Waals surface area (Å²) in [5.74, 6) is -0.132. The van der Waals surface area contributed by atoms with E-state index in [4.69, 9.17) is 0 Å². The van der Waals surface area contributed by atoms with Gasteiger partial charge in [0, 0.05) is 51.7 Å². The van der Waals surface area contributed by atoms with Crippen LogP contribution >= 0.6 is 0 Å². The first-order valence-corrected chi connectivity index (χ1v) is 9.50. The highest BCUT2D eigenvalue weighted by Gasteiger charge is 2.26. The van der Waals surface area contributed by atoms with E-state index in [1.807, 2.05) is 6.92 Å². The van der Waals surface area contributed by atoms with Gasteiger partial charge in [-0.05, 0) is 30.9 Å². The first kappa shape index (κ1) is 21.2. The number of aryl methyl sites for hydroxylation is 2. The van der Waals surface area contributed by atoms with Crippen molar-refractivity contribution in [3.8, 4) is 0 Å². The van der Waals surface area contributed by atoms with E-state index in [9.17, 15) is 24.0 Å². The Morgan fingerprint density at radius 1 is 0.733 bits per heavy atom. The number of carbonyl (C=O) groups excluding carboxylic acids is 1. The quantitative estimate of drug-likeness (QED) is 0.643. The number of aromatic nitrogens is 4. The molecule has 9 nitrogen and oxygen atoms in total. The fraction of sp³-hybridized carbons (Fsp3) is 0.381. The zero-order valence-electron chi connectivity index (χ0n) is 17.6. The largest absolute Gasteiger partial charge is 0.330 e. The molecule has 0 aromatic carbocycles. The molecule has 0 radical (unpaired) electrons. The molecule has 0 atom stereocenters. The molecule has 0 amide bonds. The molecule has 2 heterocycles. The van der Waals surface area contributed by atoms with Crippen LogP contribution in [0.3, 0.4) is 0 Å². The second kappa shape index (κ2) is 7.74. The molecule has 0 saturated heterocycles. The first-order valence-electron chi connectivity index (χ1n) is 9.50. The number of Topliss-reactive ketones (excluding diaryl/α,β-unsaturated/α-hetero) is 1. The van der Waals surface area contributed by atoms with Crippen molar-refractivity contribution >= 4 is 17.9 Å². The van der Waals surface area contributed by atoms with Gasteiger partial charge < -0.3 is 9.13 Å². The zero-order chi connectivity index (χ0) is 22.3. The van der Waals surface area contributed by atoms with Gasteiger partial charge in [-0.1, -0.05) is 6.92 Å². The summed E-state index contributed by atoms with van der Waals surface area (Å²) in [4.78, 5) is 61.7. The highest BCUT2D eigenvalue weighted by Crippen LogP contribution is 2.31. The van der Waals surface area contributed by atoms with Crippen LogP contribution in [0.1, 0.15) is 30.9 Å². The predicted octanol–water partition coefficient (Wildman–Crippen LogP) is -0.0526. The molecule has 30 heavy (non-hydrogen) atoms. The van der Waals surface area contributed by atoms with Gasteiger partial charge in [0.25, 0.3) is 11.1 Å².